The number of rotatable bonds is 12. The van der Waals surface area contributed by atoms with Gasteiger partial charge >= 0.3 is 17.9 Å². The van der Waals surface area contributed by atoms with Crippen molar-refractivity contribution in [2.24, 2.45) is 11.8 Å². The van der Waals surface area contributed by atoms with Crippen LogP contribution in [0.15, 0.2) is 47.3 Å². The molecule has 1 rings (SSSR count). The zero-order valence-corrected chi connectivity index (χ0v) is 21.1. The van der Waals surface area contributed by atoms with Crippen LogP contribution in [0.4, 0.5) is 0 Å². The molecule has 192 valence electrons. The van der Waals surface area contributed by atoms with Gasteiger partial charge in [0, 0.05) is 32.3 Å². The molecule has 0 unspecified atom stereocenters. The Balaban J connectivity index is 3.74. The Bertz CT molecular complexity index is 921. The van der Waals surface area contributed by atoms with Gasteiger partial charge in [0.25, 0.3) is 0 Å². The Kier molecular flexibility index (Phi) is 11.8. The van der Waals surface area contributed by atoms with Crippen molar-refractivity contribution in [2.75, 3.05) is 0 Å². The first-order valence-corrected chi connectivity index (χ1v) is 11.2. The normalized spacial score (nSPS) is 21.3. The topological polar surface area (TPSA) is 122 Å². The van der Waals surface area contributed by atoms with Crippen LogP contribution in [0.1, 0.15) is 54.4 Å². The predicted molar refractivity (Wildman–Crippen MR) is 127 cm³/mol. The summed E-state index contributed by atoms with van der Waals surface area (Å²) in [4.78, 5) is 58.2. The van der Waals surface area contributed by atoms with Gasteiger partial charge in [0.1, 0.15) is 12.6 Å². The van der Waals surface area contributed by atoms with E-state index in [0.717, 1.165) is 5.57 Å². The largest absolute Gasteiger partial charge is 0.462 e. The highest BCUT2D eigenvalue weighted by molar-refractivity contribution is 5.72. The minimum atomic E-state index is -1.08. The summed E-state index contributed by atoms with van der Waals surface area (Å²) in [6, 6.07) is 0. The van der Waals surface area contributed by atoms with Crippen LogP contribution in [-0.4, -0.2) is 49.0 Å². The summed E-state index contributed by atoms with van der Waals surface area (Å²) in [5.74, 6) is -2.99. The first kappa shape index (κ1) is 29.5. The van der Waals surface area contributed by atoms with E-state index in [2.05, 4.69) is 6.58 Å². The van der Waals surface area contributed by atoms with Crippen LogP contribution in [0.2, 0.25) is 0 Å². The van der Waals surface area contributed by atoms with E-state index in [-0.39, 0.29) is 6.42 Å². The molecular weight excluding hydrogens is 456 g/mol. The van der Waals surface area contributed by atoms with E-state index >= 15 is 0 Å². The van der Waals surface area contributed by atoms with E-state index in [0.29, 0.717) is 35.7 Å². The number of carbonyl (C=O) groups excluding carboxylic acids is 5. The fourth-order valence-corrected chi connectivity index (χ4v) is 3.96. The second-order valence-corrected chi connectivity index (χ2v) is 8.57. The van der Waals surface area contributed by atoms with E-state index in [1.54, 1.807) is 26.8 Å². The lowest BCUT2D eigenvalue weighted by molar-refractivity contribution is -0.182. The van der Waals surface area contributed by atoms with Crippen molar-refractivity contribution in [1.29, 1.82) is 0 Å². The lowest BCUT2D eigenvalue weighted by Crippen LogP contribution is -2.44. The van der Waals surface area contributed by atoms with Crippen molar-refractivity contribution in [3.05, 3.63) is 47.3 Å². The third-order valence-corrected chi connectivity index (χ3v) is 5.29. The molecule has 5 atom stereocenters. The third-order valence-electron chi connectivity index (χ3n) is 5.29. The van der Waals surface area contributed by atoms with Crippen molar-refractivity contribution < 1.29 is 42.9 Å². The van der Waals surface area contributed by atoms with Crippen LogP contribution in [0.3, 0.4) is 0 Å². The maximum atomic E-state index is 12.1. The molecule has 0 amide bonds. The van der Waals surface area contributed by atoms with Crippen molar-refractivity contribution in [3.63, 3.8) is 0 Å². The molecule has 0 aliphatic carbocycles. The summed E-state index contributed by atoms with van der Waals surface area (Å²) >= 11 is 0. The van der Waals surface area contributed by atoms with Gasteiger partial charge in [-0.1, -0.05) is 17.7 Å². The number of hydrogen-bond donors (Lipinski definition) is 0. The van der Waals surface area contributed by atoms with Gasteiger partial charge in [-0.3, -0.25) is 24.0 Å². The van der Waals surface area contributed by atoms with Crippen LogP contribution in [0.25, 0.3) is 0 Å². The summed E-state index contributed by atoms with van der Waals surface area (Å²) < 4.78 is 22.2. The monoisotopic (exact) mass is 490 g/mol. The molecule has 0 aromatic rings. The molecule has 35 heavy (non-hydrogen) atoms. The molecule has 0 saturated heterocycles. The van der Waals surface area contributed by atoms with Crippen molar-refractivity contribution in [2.45, 2.75) is 72.9 Å². The third kappa shape index (κ3) is 9.35. The van der Waals surface area contributed by atoms with Crippen molar-refractivity contribution in [3.8, 4) is 0 Å². The van der Waals surface area contributed by atoms with E-state index in [4.69, 9.17) is 18.9 Å². The van der Waals surface area contributed by atoms with Crippen LogP contribution in [-0.2, 0) is 42.9 Å². The summed E-state index contributed by atoms with van der Waals surface area (Å²) in [6.45, 7) is 12.7. The zero-order valence-electron chi connectivity index (χ0n) is 21.1. The number of allylic oxidation sites excluding steroid dienone is 3. The quantitative estimate of drug-likeness (QED) is 0.133. The molecule has 9 nitrogen and oxygen atoms in total. The minimum absolute atomic E-state index is 0.275. The lowest BCUT2D eigenvalue weighted by Gasteiger charge is -2.41. The van der Waals surface area contributed by atoms with E-state index in [1.165, 1.54) is 33.1 Å². The van der Waals surface area contributed by atoms with E-state index in [1.807, 2.05) is 0 Å². The highest BCUT2D eigenvalue weighted by atomic mass is 16.7. The molecule has 0 radical (unpaired) electrons. The van der Waals surface area contributed by atoms with Crippen LogP contribution in [0.5, 0.6) is 0 Å². The molecular formula is C26H34O9. The van der Waals surface area contributed by atoms with Gasteiger partial charge in [-0.05, 0) is 51.3 Å². The maximum absolute atomic E-state index is 12.1. The second-order valence-electron chi connectivity index (χ2n) is 8.57. The smallest absolute Gasteiger partial charge is 0.305 e. The van der Waals surface area contributed by atoms with Crippen LogP contribution in [0, 0.1) is 11.8 Å². The van der Waals surface area contributed by atoms with Gasteiger partial charge < -0.3 is 18.9 Å². The molecule has 0 aromatic carbocycles. The fourth-order valence-electron chi connectivity index (χ4n) is 3.96. The molecule has 9 heteroatoms. The Morgan fingerprint density at radius 1 is 1.03 bits per heavy atom. The van der Waals surface area contributed by atoms with Gasteiger partial charge in [-0.25, -0.2) is 0 Å². The number of esters is 3. The van der Waals surface area contributed by atoms with E-state index < -0.39 is 48.2 Å². The molecule has 1 heterocycles. The summed E-state index contributed by atoms with van der Waals surface area (Å²) in [7, 11) is 0. The Labute approximate surface area is 205 Å². The average Bonchev–Trinajstić information content (AvgIpc) is 2.74. The van der Waals surface area contributed by atoms with Crippen molar-refractivity contribution >= 4 is 30.5 Å². The Hall–Kier alpha value is -3.49. The standard InChI is InChI=1S/C26H34O9/c1-15(2)12-23(33-18(5)29)25(34-19(6)30)22-14-32-26(35-20(7)31)24(17(4)10-11-27)21(22)9-8-16(3)13-28/h10-14,21,23-26H,3,8-9H2,1-2,4-7H3/b17-10+/t21-,23+,24+,25+,26-/m1/s1. The second kappa shape index (κ2) is 14.0. The van der Waals surface area contributed by atoms with E-state index in [9.17, 15) is 24.0 Å². The highest BCUT2D eigenvalue weighted by Crippen LogP contribution is 2.42. The average molecular weight is 491 g/mol. The zero-order chi connectivity index (χ0) is 26.7. The summed E-state index contributed by atoms with van der Waals surface area (Å²) in [5, 5.41) is 0. The van der Waals surface area contributed by atoms with Crippen molar-refractivity contribution in [1.82, 2.24) is 0 Å². The van der Waals surface area contributed by atoms with Gasteiger partial charge in [0.15, 0.2) is 12.2 Å². The maximum Gasteiger partial charge on any atom is 0.305 e. The first-order valence-electron chi connectivity index (χ1n) is 11.2. The molecule has 0 saturated carbocycles. The van der Waals surface area contributed by atoms with Gasteiger partial charge in [0.2, 0.25) is 6.29 Å². The SMILES string of the molecule is C=C(C=O)CC[C@@H]1C([C@H](OC(C)=O)[C@H](C=C(C)C)OC(C)=O)=CO[C@H](OC(C)=O)[C@H]1/C(C)=C/C=O. The summed E-state index contributed by atoms with van der Waals surface area (Å²) in [6.07, 6.45) is 3.02. The summed E-state index contributed by atoms with van der Waals surface area (Å²) in [5.41, 5.74) is 2.13. The molecule has 1 aliphatic heterocycles. The van der Waals surface area contributed by atoms with Crippen LogP contribution >= 0.6 is 0 Å². The Morgan fingerprint density at radius 2 is 1.66 bits per heavy atom. The minimum Gasteiger partial charge on any atom is -0.462 e. The van der Waals surface area contributed by atoms with Gasteiger partial charge in [-0.2, -0.15) is 0 Å². The Morgan fingerprint density at radius 3 is 2.14 bits per heavy atom. The first-order chi connectivity index (χ1) is 16.4. The molecule has 0 aromatic heterocycles. The number of aldehydes is 2. The van der Waals surface area contributed by atoms with Gasteiger partial charge in [0.05, 0.1) is 12.2 Å². The molecule has 0 fully saturated rings. The number of carbonyl (C=O) groups is 5. The molecule has 0 spiro atoms. The lowest BCUT2D eigenvalue weighted by atomic mass is 9.74. The molecule has 0 bridgehead atoms. The van der Waals surface area contributed by atoms with Crippen LogP contribution < -0.4 is 0 Å². The number of hydrogen-bond acceptors (Lipinski definition) is 9. The number of ether oxygens (including phenoxy) is 4. The molecule has 0 N–H and O–H groups in total. The fraction of sp³-hybridized carbons (Fsp3) is 0.500. The molecule has 1 aliphatic rings. The van der Waals surface area contributed by atoms with Gasteiger partial charge in [-0.15, -0.1) is 0 Å². The predicted octanol–water partition coefficient (Wildman–Crippen LogP) is 3.53. The highest BCUT2D eigenvalue weighted by Gasteiger charge is 2.44.